The number of hydrogen-bond acceptors (Lipinski definition) is 6. The van der Waals surface area contributed by atoms with Crippen molar-refractivity contribution in [3.05, 3.63) is 5.01 Å². The van der Waals surface area contributed by atoms with Gasteiger partial charge in [0.15, 0.2) is 0 Å². The van der Waals surface area contributed by atoms with Gasteiger partial charge in [-0.2, -0.15) is 0 Å². The highest BCUT2D eigenvalue weighted by atomic mass is 32.1. The molecular formula is C16H23N5O3S. The van der Waals surface area contributed by atoms with Crippen LogP contribution in [0.2, 0.25) is 0 Å². The Morgan fingerprint density at radius 1 is 1.28 bits per heavy atom. The van der Waals surface area contributed by atoms with E-state index in [1.165, 1.54) is 11.3 Å². The fourth-order valence-corrected chi connectivity index (χ4v) is 4.17. The lowest BCUT2D eigenvalue weighted by Gasteiger charge is -2.19. The molecule has 1 aromatic heterocycles. The second-order valence-corrected chi connectivity index (χ2v) is 7.68. The molecule has 25 heavy (non-hydrogen) atoms. The Balaban J connectivity index is 1.54. The summed E-state index contributed by atoms with van der Waals surface area (Å²) in [6.45, 7) is 1.84. The first-order valence-electron chi connectivity index (χ1n) is 8.80. The van der Waals surface area contributed by atoms with Crippen molar-refractivity contribution < 1.29 is 14.4 Å². The summed E-state index contributed by atoms with van der Waals surface area (Å²) >= 11 is 1.33. The Bertz CT molecular complexity index is 668. The number of nitrogens with zero attached hydrogens (tertiary/aromatic N) is 3. The van der Waals surface area contributed by atoms with Crippen LogP contribution in [0.5, 0.6) is 0 Å². The molecule has 0 radical (unpaired) electrons. The number of rotatable bonds is 7. The summed E-state index contributed by atoms with van der Waals surface area (Å²) in [4.78, 5) is 37.8. The number of aryl methyl sites for hydroxylation is 1. The van der Waals surface area contributed by atoms with Gasteiger partial charge in [0.2, 0.25) is 11.0 Å². The number of urea groups is 1. The lowest BCUT2D eigenvalue weighted by atomic mass is 9.98. The maximum atomic E-state index is 12.5. The van der Waals surface area contributed by atoms with Gasteiger partial charge in [-0.3, -0.25) is 19.8 Å². The molecule has 8 nitrogen and oxygen atoms in total. The van der Waals surface area contributed by atoms with Gasteiger partial charge in [0, 0.05) is 6.42 Å². The largest absolute Gasteiger partial charge is 0.325 e. The van der Waals surface area contributed by atoms with E-state index in [2.05, 4.69) is 27.8 Å². The Morgan fingerprint density at radius 3 is 2.76 bits per heavy atom. The smallest absolute Gasteiger partial charge is 0.323 e. The predicted molar refractivity (Wildman–Crippen MR) is 93.2 cm³/mol. The predicted octanol–water partition coefficient (Wildman–Crippen LogP) is 2.07. The summed E-state index contributed by atoms with van der Waals surface area (Å²) in [7, 11) is 0. The van der Waals surface area contributed by atoms with E-state index in [0.717, 1.165) is 48.4 Å². The number of amides is 4. The van der Waals surface area contributed by atoms with E-state index in [4.69, 9.17) is 0 Å². The summed E-state index contributed by atoms with van der Waals surface area (Å²) in [5.74, 6) is -0.725. The number of imide groups is 1. The third-order valence-electron chi connectivity index (χ3n) is 4.71. The van der Waals surface area contributed by atoms with E-state index in [9.17, 15) is 14.4 Å². The fourth-order valence-electron chi connectivity index (χ4n) is 3.37. The normalized spacial score (nSPS) is 18.8. The second-order valence-electron chi connectivity index (χ2n) is 6.62. The highest BCUT2D eigenvalue weighted by molar-refractivity contribution is 7.15. The van der Waals surface area contributed by atoms with Crippen molar-refractivity contribution in [1.29, 1.82) is 0 Å². The number of anilines is 1. The zero-order valence-electron chi connectivity index (χ0n) is 14.3. The van der Waals surface area contributed by atoms with Crippen LogP contribution in [0, 0.1) is 0 Å². The SMILES string of the molecule is CCCCCc1nnc(NC(=O)CN2C(=O)NC3(CCCC3)C2=O)s1. The molecule has 0 bridgehead atoms. The summed E-state index contributed by atoms with van der Waals surface area (Å²) < 4.78 is 0. The highest BCUT2D eigenvalue weighted by Crippen LogP contribution is 2.34. The molecule has 4 amide bonds. The number of aromatic nitrogens is 2. The molecule has 1 aromatic rings. The molecule has 2 aliphatic rings. The van der Waals surface area contributed by atoms with Crippen LogP contribution in [0.3, 0.4) is 0 Å². The van der Waals surface area contributed by atoms with Crippen molar-refractivity contribution in [2.75, 3.05) is 11.9 Å². The topological polar surface area (TPSA) is 104 Å². The van der Waals surface area contributed by atoms with Gasteiger partial charge in [0.1, 0.15) is 17.1 Å². The van der Waals surface area contributed by atoms with Crippen LogP contribution in [0.4, 0.5) is 9.93 Å². The van der Waals surface area contributed by atoms with Crippen LogP contribution in [0.1, 0.15) is 56.9 Å². The average molecular weight is 365 g/mol. The molecule has 2 heterocycles. The lowest BCUT2D eigenvalue weighted by Crippen LogP contribution is -2.44. The monoisotopic (exact) mass is 365 g/mol. The standard InChI is InChI=1S/C16H23N5O3S/c1-2-3-4-7-12-19-20-14(25-12)17-11(22)10-21-13(23)16(18-15(21)24)8-5-6-9-16/h2-10H2,1H3,(H,18,24)(H,17,20,22). The number of nitrogens with one attached hydrogen (secondary N) is 2. The Kier molecular flexibility index (Phi) is 5.31. The van der Waals surface area contributed by atoms with E-state index < -0.39 is 17.5 Å². The Hall–Kier alpha value is -2.03. The number of hydrogen-bond donors (Lipinski definition) is 2. The molecule has 2 N–H and O–H groups in total. The molecule has 2 fully saturated rings. The number of carbonyl (C=O) groups is 3. The van der Waals surface area contributed by atoms with Gasteiger partial charge in [-0.25, -0.2) is 4.79 Å². The van der Waals surface area contributed by atoms with Crippen molar-refractivity contribution >= 4 is 34.3 Å². The number of unbranched alkanes of at least 4 members (excludes halogenated alkanes) is 2. The van der Waals surface area contributed by atoms with Crippen molar-refractivity contribution in [3.63, 3.8) is 0 Å². The summed E-state index contributed by atoms with van der Waals surface area (Å²) in [5.41, 5.74) is -0.785. The van der Waals surface area contributed by atoms with Crippen LogP contribution < -0.4 is 10.6 Å². The van der Waals surface area contributed by atoms with Gasteiger partial charge < -0.3 is 5.32 Å². The zero-order chi connectivity index (χ0) is 17.9. The third kappa shape index (κ3) is 3.81. The number of carbonyl (C=O) groups excluding carboxylic acids is 3. The van der Waals surface area contributed by atoms with E-state index in [1.807, 2.05) is 0 Å². The van der Waals surface area contributed by atoms with Crippen LogP contribution in [0.25, 0.3) is 0 Å². The van der Waals surface area contributed by atoms with Crippen molar-refractivity contribution in [3.8, 4) is 0 Å². The molecular weight excluding hydrogens is 342 g/mol. The molecule has 0 aromatic carbocycles. The third-order valence-corrected chi connectivity index (χ3v) is 5.61. The first kappa shape index (κ1) is 17.8. The molecule has 1 spiro atoms. The van der Waals surface area contributed by atoms with Crippen LogP contribution in [0.15, 0.2) is 0 Å². The molecule has 1 aliphatic heterocycles. The molecule has 136 valence electrons. The fraction of sp³-hybridized carbons (Fsp3) is 0.688. The van der Waals surface area contributed by atoms with E-state index in [-0.39, 0.29) is 12.5 Å². The van der Waals surface area contributed by atoms with Gasteiger partial charge in [-0.15, -0.1) is 10.2 Å². The van der Waals surface area contributed by atoms with Crippen molar-refractivity contribution in [1.82, 2.24) is 20.4 Å². The van der Waals surface area contributed by atoms with Gasteiger partial charge in [-0.05, 0) is 19.3 Å². The highest BCUT2D eigenvalue weighted by Gasteiger charge is 2.52. The maximum Gasteiger partial charge on any atom is 0.325 e. The molecule has 1 saturated heterocycles. The minimum Gasteiger partial charge on any atom is -0.323 e. The first-order chi connectivity index (χ1) is 12.0. The van der Waals surface area contributed by atoms with Crippen LogP contribution in [-0.2, 0) is 16.0 Å². The first-order valence-corrected chi connectivity index (χ1v) is 9.62. The van der Waals surface area contributed by atoms with Gasteiger partial charge in [-0.1, -0.05) is 43.9 Å². The molecule has 0 unspecified atom stereocenters. The van der Waals surface area contributed by atoms with Gasteiger partial charge in [0.05, 0.1) is 0 Å². The molecule has 9 heteroatoms. The quantitative estimate of drug-likeness (QED) is 0.569. The van der Waals surface area contributed by atoms with Crippen molar-refractivity contribution in [2.45, 2.75) is 63.8 Å². The summed E-state index contributed by atoms with van der Waals surface area (Å²) in [6.07, 6.45) is 7.28. The van der Waals surface area contributed by atoms with Crippen LogP contribution >= 0.6 is 11.3 Å². The van der Waals surface area contributed by atoms with E-state index >= 15 is 0 Å². The van der Waals surface area contributed by atoms with Crippen LogP contribution in [-0.4, -0.2) is 45.0 Å². The minimum atomic E-state index is -0.785. The van der Waals surface area contributed by atoms with E-state index in [1.54, 1.807) is 0 Å². The minimum absolute atomic E-state index is 0.289. The zero-order valence-corrected chi connectivity index (χ0v) is 15.2. The van der Waals surface area contributed by atoms with E-state index in [0.29, 0.717) is 18.0 Å². The Morgan fingerprint density at radius 2 is 2.04 bits per heavy atom. The summed E-state index contributed by atoms with van der Waals surface area (Å²) in [5, 5.41) is 14.7. The van der Waals surface area contributed by atoms with Gasteiger partial charge >= 0.3 is 6.03 Å². The second kappa shape index (κ2) is 7.47. The molecule has 0 atom stereocenters. The van der Waals surface area contributed by atoms with Crippen molar-refractivity contribution in [2.24, 2.45) is 0 Å². The van der Waals surface area contributed by atoms with Gasteiger partial charge in [0.25, 0.3) is 5.91 Å². The molecule has 1 aliphatic carbocycles. The maximum absolute atomic E-state index is 12.5. The molecule has 3 rings (SSSR count). The Labute approximate surface area is 150 Å². The molecule has 1 saturated carbocycles. The lowest BCUT2D eigenvalue weighted by molar-refractivity contribution is -0.133. The average Bonchev–Trinajstić information content (AvgIpc) is 3.27. The summed E-state index contributed by atoms with van der Waals surface area (Å²) in [6, 6.07) is -0.487.